The largest absolute Gasteiger partial charge is 0.314 e. The molecule has 1 N–H and O–H groups in total. The number of hydrogen-bond acceptors (Lipinski definition) is 3. The van der Waals surface area contributed by atoms with Crippen molar-refractivity contribution in [1.82, 2.24) is 9.62 Å². The van der Waals surface area contributed by atoms with Crippen LogP contribution in [0.3, 0.4) is 0 Å². The number of aryl methyl sites for hydroxylation is 1. The molecule has 0 saturated heterocycles. The van der Waals surface area contributed by atoms with Crippen molar-refractivity contribution < 1.29 is 8.42 Å². The first-order chi connectivity index (χ1) is 9.00. The van der Waals surface area contributed by atoms with Gasteiger partial charge in [-0.25, -0.2) is 12.7 Å². The van der Waals surface area contributed by atoms with E-state index in [4.69, 9.17) is 0 Å². The maximum Gasteiger partial charge on any atom is 0.242 e. The summed E-state index contributed by atoms with van der Waals surface area (Å²) in [6.07, 6.45) is 4.71. The van der Waals surface area contributed by atoms with E-state index in [1.165, 1.54) is 22.7 Å². The molecule has 106 valence electrons. The number of nitrogens with one attached hydrogen (secondary N) is 1. The van der Waals surface area contributed by atoms with Crippen LogP contribution in [0, 0.1) is 0 Å². The van der Waals surface area contributed by atoms with E-state index in [1.54, 1.807) is 26.2 Å². The summed E-state index contributed by atoms with van der Waals surface area (Å²) in [6.45, 7) is 1.04. The molecule has 4 nitrogen and oxygen atoms in total. The van der Waals surface area contributed by atoms with Crippen LogP contribution in [0.4, 0.5) is 0 Å². The quantitative estimate of drug-likeness (QED) is 0.773. The molecule has 1 aliphatic carbocycles. The summed E-state index contributed by atoms with van der Waals surface area (Å²) in [5, 5.41) is 3.47. The van der Waals surface area contributed by atoms with Crippen molar-refractivity contribution in [2.24, 2.45) is 0 Å². The molecule has 0 bridgehead atoms. The van der Waals surface area contributed by atoms with E-state index in [9.17, 15) is 8.42 Å². The molecule has 0 radical (unpaired) electrons. The highest BCUT2D eigenvalue weighted by Crippen LogP contribution is 2.18. The molecule has 0 aliphatic heterocycles. The minimum atomic E-state index is -3.30. The highest BCUT2D eigenvalue weighted by Gasteiger charge is 2.19. The molecular weight excluding hydrogens is 260 g/mol. The van der Waals surface area contributed by atoms with Crippen molar-refractivity contribution in [3.05, 3.63) is 29.8 Å². The second-order valence-corrected chi connectivity index (χ2v) is 7.42. The summed E-state index contributed by atoms with van der Waals surface area (Å²) in [4.78, 5) is 0.359. The highest BCUT2D eigenvalue weighted by atomic mass is 32.2. The minimum Gasteiger partial charge on any atom is -0.314 e. The monoisotopic (exact) mass is 282 g/mol. The fourth-order valence-electron chi connectivity index (χ4n) is 1.93. The van der Waals surface area contributed by atoms with Gasteiger partial charge in [0.25, 0.3) is 0 Å². The van der Waals surface area contributed by atoms with E-state index < -0.39 is 10.0 Å². The molecule has 0 atom stereocenters. The van der Waals surface area contributed by atoms with Crippen molar-refractivity contribution in [2.75, 3.05) is 20.6 Å². The van der Waals surface area contributed by atoms with Crippen molar-refractivity contribution in [1.29, 1.82) is 0 Å². The predicted octanol–water partition coefficient (Wildman–Crippen LogP) is 1.62. The Labute approximate surface area is 115 Å². The van der Waals surface area contributed by atoms with E-state index in [0.717, 1.165) is 25.4 Å². The molecule has 5 heteroatoms. The Bertz CT molecular complexity index is 505. The summed E-state index contributed by atoms with van der Waals surface area (Å²) in [7, 11) is -0.204. The van der Waals surface area contributed by atoms with Crippen LogP contribution in [0.15, 0.2) is 29.2 Å². The van der Waals surface area contributed by atoms with Crippen LogP contribution in [0.5, 0.6) is 0 Å². The van der Waals surface area contributed by atoms with Crippen LogP contribution in [0.1, 0.15) is 24.8 Å². The number of rotatable bonds is 7. The van der Waals surface area contributed by atoms with Gasteiger partial charge in [0.1, 0.15) is 0 Å². The van der Waals surface area contributed by atoms with Crippen molar-refractivity contribution in [3.8, 4) is 0 Å². The molecule has 0 aromatic heterocycles. The first-order valence-corrected chi connectivity index (χ1v) is 8.19. The maximum absolute atomic E-state index is 11.9. The van der Waals surface area contributed by atoms with Gasteiger partial charge >= 0.3 is 0 Å². The van der Waals surface area contributed by atoms with Gasteiger partial charge in [0.2, 0.25) is 10.0 Å². The first-order valence-electron chi connectivity index (χ1n) is 6.75. The van der Waals surface area contributed by atoms with Gasteiger partial charge in [-0.05, 0) is 49.9 Å². The third-order valence-electron chi connectivity index (χ3n) is 3.35. The van der Waals surface area contributed by atoms with Gasteiger partial charge in [0.15, 0.2) is 0 Å². The van der Waals surface area contributed by atoms with Gasteiger partial charge in [0, 0.05) is 20.1 Å². The Balaban J connectivity index is 1.87. The van der Waals surface area contributed by atoms with Gasteiger partial charge in [0.05, 0.1) is 4.90 Å². The van der Waals surface area contributed by atoms with Crippen LogP contribution in [0.25, 0.3) is 0 Å². The predicted molar refractivity (Wildman–Crippen MR) is 76.7 cm³/mol. The highest BCUT2D eigenvalue weighted by molar-refractivity contribution is 7.89. The summed E-state index contributed by atoms with van der Waals surface area (Å²) < 4.78 is 25.0. The number of nitrogens with zero attached hydrogens (tertiary/aromatic N) is 1. The number of sulfonamides is 1. The molecule has 2 rings (SSSR count). The zero-order valence-corrected chi connectivity index (χ0v) is 12.4. The topological polar surface area (TPSA) is 49.4 Å². The molecule has 1 aromatic rings. The van der Waals surface area contributed by atoms with Gasteiger partial charge in [-0.15, -0.1) is 0 Å². The summed E-state index contributed by atoms with van der Waals surface area (Å²) >= 11 is 0. The van der Waals surface area contributed by atoms with Crippen molar-refractivity contribution >= 4 is 10.0 Å². The van der Waals surface area contributed by atoms with Crippen LogP contribution >= 0.6 is 0 Å². The lowest BCUT2D eigenvalue weighted by molar-refractivity contribution is 0.520. The summed E-state index contributed by atoms with van der Waals surface area (Å²) in [5.74, 6) is 0. The molecule has 1 aromatic carbocycles. The number of benzene rings is 1. The van der Waals surface area contributed by atoms with Gasteiger partial charge in [-0.2, -0.15) is 0 Å². The van der Waals surface area contributed by atoms with Gasteiger partial charge in [-0.1, -0.05) is 12.1 Å². The standard InChI is InChI=1S/C14H22N2O2S/c1-16(2)19(17,18)14-9-5-12(6-10-14)4-3-11-15-13-7-8-13/h5-6,9-10,13,15H,3-4,7-8,11H2,1-2H3. The molecule has 0 spiro atoms. The summed E-state index contributed by atoms with van der Waals surface area (Å²) in [5.41, 5.74) is 1.19. The lowest BCUT2D eigenvalue weighted by Gasteiger charge is -2.11. The molecule has 1 aliphatic rings. The second kappa shape index (κ2) is 6.03. The van der Waals surface area contributed by atoms with Crippen LogP contribution in [0.2, 0.25) is 0 Å². The Morgan fingerprint density at radius 2 is 1.84 bits per heavy atom. The van der Waals surface area contributed by atoms with Gasteiger partial charge < -0.3 is 5.32 Å². The van der Waals surface area contributed by atoms with E-state index in [0.29, 0.717) is 4.90 Å². The first kappa shape index (κ1) is 14.5. The molecule has 0 heterocycles. The third kappa shape index (κ3) is 4.03. The van der Waals surface area contributed by atoms with Crippen molar-refractivity contribution in [2.45, 2.75) is 36.6 Å². The molecule has 0 unspecified atom stereocenters. The molecular formula is C14H22N2O2S. The van der Waals surface area contributed by atoms with E-state index in [1.807, 2.05) is 12.1 Å². The fraction of sp³-hybridized carbons (Fsp3) is 0.571. The zero-order chi connectivity index (χ0) is 13.9. The average Bonchev–Trinajstić information content (AvgIpc) is 3.19. The van der Waals surface area contributed by atoms with Crippen LogP contribution in [-0.2, 0) is 16.4 Å². The lowest BCUT2D eigenvalue weighted by Crippen LogP contribution is -2.22. The average molecular weight is 282 g/mol. The lowest BCUT2D eigenvalue weighted by atomic mass is 10.1. The van der Waals surface area contributed by atoms with Crippen LogP contribution in [-0.4, -0.2) is 39.4 Å². The van der Waals surface area contributed by atoms with Gasteiger partial charge in [-0.3, -0.25) is 0 Å². The molecule has 1 saturated carbocycles. The third-order valence-corrected chi connectivity index (χ3v) is 5.18. The van der Waals surface area contributed by atoms with Crippen molar-refractivity contribution in [3.63, 3.8) is 0 Å². The Kier molecular flexibility index (Phi) is 4.60. The van der Waals surface area contributed by atoms with E-state index in [-0.39, 0.29) is 0 Å². The SMILES string of the molecule is CN(C)S(=O)(=O)c1ccc(CCCNC2CC2)cc1. The second-order valence-electron chi connectivity index (χ2n) is 5.26. The Hall–Kier alpha value is -0.910. The van der Waals surface area contributed by atoms with E-state index >= 15 is 0 Å². The minimum absolute atomic E-state index is 0.359. The normalized spacial score (nSPS) is 15.9. The molecule has 0 amide bonds. The van der Waals surface area contributed by atoms with Crippen LogP contribution < -0.4 is 5.32 Å². The maximum atomic E-state index is 11.9. The fourth-order valence-corrected chi connectivity index (χ4v) is 2.83. The smallest absolute Gasteiger partial charge is 0.242 e. The molecule has 1 fully saturated rings. The molecule has 19 heavy (non-hydrogen) atoms. The summed E-state index contributed by atoms with van der Waals surface area (Å²) in [6, 6.07) is 7.96. The van der Waals surface area contributed by atoms with E-state index in [2.05, 4.69) is 5.32 Å². The Morgan fingerprint density at radius 1 is 1.21 bits per heavy atom. The number of hydrogen-bond donors (Lipinski definition) is 1. The Morgan fingerprint density at radius 3 is 2.37 bits per heavy atom. The zero-order valence-electron chi connectivity index (χ0n) is 11.6.